The maximum Gasteiger partial charge on any atom is 0.246 e. The Morgan fingerprint density at radius 1 is 0.746 bits per heavy atom. The van der Waals surface area contributed by atoms with E-state index in [1.807, 2.05) is 93.7 Å². The van der Waals surface area contributed by atoms with Gasteiger partial charge in [-0.3, -0.25) is 0 Å². The number of hydrogen-bond donors (Lipinski definition) is 0. The molecule has 4 aromatic carbocycles. The number of rotatable bonds is 18. The molecule has 0 radical (unpaired) electrons. The molecule has 0 atom stereocenters. The van der Waals surface area contributed by atoms with Gasteiger partial charge in [-0.25, -0.2) is 0 Å². The highest BCUT2D eigenvalue weighted by Crippen LogP contribution is 2.38. The number of fused-ring (bicyclic) bond motifs is 1. The standard InChI is InChI=1S/C50H52N3O2S2.2C2H6.CH3Cl/c1-39-21-15-17-27-46(39)54-40(2)35-41-29-31-52(43-22-11-9-12-23-43)49(37-41)56-33-19-7-5-4-6-8-20-34-57-50-38-42(30-32-53(50)44-24-13-10-14-25-44)36-48-51(3)45-26-16-18-28-47(45)55-48;3*1-2/h9-18,21-32,35-38H,2,4-8,19-20,33-34H2,1,3H3;2*1-2H3;1H3/q+1;;;/b41-35-;;;. The van der Waals surface area contributed by atoms with Crippen molar-refractivity contribution in [3.05, 3.63) is 192 Å². The molecule has 7 rings (SSSR count). The van der Waals surface area contributed by atoms with E-state index in [0.717, 1.165) is 57.0 Å². The number of aromatic nitrogens is 1. The molecular weight excluding hydrogens is 834 g/mol. The summed E-state index contributed by atoms with van der Waals surface area (Å²) in [7, 11) is 2.06. The Morgan fingerprint density at radius 2 is 1.35 bits per heavy atom. The zero-order valence-corrected chi connectivity index (χ0v) is 40.8. The molecule has 0 saturated carbocycles. The summed E-state index contributed by atoms with van der Waals surface area (Å²) in [5.41, 5.74) is 6.74. The molecule has 5 aromatic rings. The highest BCUT2D eigenvalue weighted by Gasteiger charge is 2.23. The predicted octanol–water partition coefficient (Wildman–Crippen LogP) is 16.0. The second kappa shape index (κ2) is 28.6. The van der Waals surface area contributed by atoms with Gasteiger partial charge in [0.15, 0.2) is 11.9 Å². The zero-order chi connectivity index (χ0) is 45.2. The molecule has 0 bridgehead atoms. The van der Waals surface area contributed by atoms with Gasteiger partial charge in [0.2, 0.25) is 16.6 Å². The molecule has 2 aliphatic rings. The molecular formula is C55H67ClN3O2S2+. The Bertz CT molecular complexity index is 2260. The van der Waals surface area contributed by atoms with E-state index in [2.05, 4.69) is 162 Å². The monoisotopic (exact) mass is 900 g/mol. The first-order valence-electron chi connectivity index (χ1n) is 22.4. The van der Waals surface area contributed by atoms with E-state index in [1.165, 1.54) is 67.1 Å². The molecule has 0 saturated heterocycles. The summed E-state index contributed by atoms with van der Waals surface area (Å²) in [6.07, 6.45) is 23.1. The minimum absolute atomic E-state index is 0.629. The molecule has 0 amide bonds. The third-order valence-electron chi connectivity index (χ3n) is 9.97. The van der Waals surface area contributed by atoms with Gasteiger partial charge >= 0.3 is 0 Å². The maximum absolute atomic E-state index is 6.18. The van der Waals surface area contributed by atoms with Crippen LogP contribution in [0.1, 0.15) is 83.8 Å². The second-order valence-corrected chi connectivity index (χ2v) is 16.5. The van der Waals surface area contributed by atoms with Gasteiger partial charge in [0.1, 0.15) is 11.5 Å². The summed E-state index contributed by atoms with van der Waals surface area (Å²) >= 11 is 8.50. The number of allylic oxidation sites excluding steroid dienone is 4. The average Bonchev–Trinajstić information content (AvgIpc) is 3.65. The minimum atomic E-state index is 0.629. The van der Waals surface area contributed by atoms with Crippen LogP contribution in [0.3, 0.4) is 0 Å². The smallest absolute Gasteiger partial charge is 0.246 e. The van der Waals surface area contributed by atoms with Crippen LogP contribution < -0.4 is 23.8 Å². The van der Waals surface area contributed by atoms with E-state index in [0.29, 0.717) is 5.76 Å². The van der Waals surface area contributed by atoms with Crippen LogP contribution in [0.15, 0.2) is 186 Å². The van der Waals surface area contributed by atoms with Gasteiger partial charge < -0.3 is 19.3 Å². The first-order chi connectivity index (χ1) is 31.0. The summed E-state index contributed by atoms with van der Waals surface area (Å²) < 4.78 is 14.6. The van der Waals surface area contributed by atoms with E-state index in [4.69, 9.17) is 9.47 Å². The highest BCUT2D eigenvalue weighted by molar-refractivity contribution is 8.03. The normalized spacial score (nSPS) is 13.7. The van der Waals surface area contributed by atoms with Crippen LogP contribution in [0.5, 0.6) is 11.5 Å². The second-order valence-electron chi connectivity index (χ2n) is 14.3. The number of aryl methyl sites for hydroxylation is 1. The SMILES string of the molecule is C=C(/C=C1/C=CN(c2ccccc2)C(SCCCCCCCCCSc2cc(/C=C3/Oc4ccccc4N3C)cc[n+]2-c2ccccc2)=C1)Oc1ccccc1C.CC.CC.CCl. The lowest BCUT2D eigenvalue weighted by atomic mass is 10.1. The molecule has 0 fully saturated rings. The molecule has 2 aliphatic heterocycles. The van der Waals surface area contributed by atoms with Crippen LogP contribution in [0.25, 0.3) is 11.8 Å². The van der Waals surface area contributed by atoms with Crippen molar-refractivity contribution < 1.29 is 14.0 Å². The Balaban J connectivity index is 0.00000139. The van der Waals surface area contributed by atoms with Crippen LogP contribution in [-0.2, 0) is 0 Å². The fourth-order valence-electron chi connectivity index (χ4n) is 6.85. The topological polar surface area (TPSA) is 28.8 Å². The van der Waals surface area contributed by atoms with Crippen LogP contribution in [0.4, 0.5) is 11.4 Å². The Morgan fingerprint density at radius 3 is 2.03 bits per heavy atom. The van der Waals surface area contributed by atoms with E-state index >= 15 is 0 Å². The molecule has 0 N–H and O–H groups in total. The first-order valence-corrected chi connectivity index (χ1v) is 25.1. The minimum Gasteiger partial charge on any atom is -0.458 e. The molecule has 5 nitrogen and oxygen atoms in total. The van der Waals surface area contributed by atoms with Crippen LogP contribution in [0.2, 0.25) is 0 Å². The number of thioether (sulfide) groups is 2. The number of benzene rings is 4. The largest absolute Gasteiger partial charge is 0.458 e. The fourth-order valence-corrected chi connectivity index (χ4v) is 9.02. The van der Waals surface area contributed by atoms with Crippen LogP contribution in [-0.4, -0.2) is 24.9 Å². The third-order valence-corrected chi connectivity index (χ3v) is 12.2. The number of ether oxygens (including phenoxy) is 2. The lowest BCUT2D eigenvalue weighted by Crippen LogP contribution is -2.33. The number of para-hydroxylation sites is 5. The summed E-state index contributed by atoms with van der Waals surface area (Å²) in [5, 5.41) is 2.46. The van der Waals surface area contributed by atoms with E-state index in [9.17, 15) is 0 Å². The van der Waals surface area contributed by atoms with Crippen molar-refractivity contribution >= 4 is 52.6 Å². The average molecular weight is 902 g/mol. The number of alkyl halides is 1. The van der Waals surface area contributed by atoms with Crippen molar-refractivity contribution in [2.24, 2.45) is 0 Å². The van der Waals surface area contributed by atoms with Gasteiger partial charge in [0, 0.05) is 61.4 Å². The van der Waals surface area contributed by atoms with Gasteiger partial charge in [-0.15, -0.1) is 23.4 Å². The van der Waals surface area contributed by atoms with Gasteiger partial charge in [0.25, 0.3) is 0 Å². The van der Waals surface area contributed by atoms with Gasteiger partial charge in [-0.1, -0.05) is 145 Å². The lowest BCUT2D eigenvalue weighted by Gasteiger charge is -2.26. The van der Waals surface area contributed by atoms with Gasteiger partial charge in [-0.2, -0.15) is 4.57 Å². The van der Waals surface area contributed by atoms with E-state index in [-0.39, 0.29) is 0 Å². The first kappa shape index (κ1) is 50.6. The maximum atomic E-state index is 6.18. The zero-order valence-electron chi connectivity index (χ0n) is 38.4. The molecule has 0 spiro atoms. The third kappa shape index (κ3) is 15.6. The summed E-state index contributed by atoms with van der Waals surface area (Å²) in [4.78, 5) is 4.39. The predicted molar refractivity (Wildman–Crippen MR) is 277 cm³/mol. The number of nitrogens with zero attached hydrogens (tertiary/aromatic N) is 3. The van der Waals surface area contributed by atoms with Crippen molar-refractivity contribution in [1.82, 2.24) is 0 Å². The van der Waals surface area contributed by atoms with Gasteiger partial charge in [-0.05, 0) is 90.8 Å². The number of anilines is 2. The molecule has 8 heteroatoms. The molecule has 63 heavy (non-hydrogen) atoms. The Labute approximate surface area is 392 Å². The van der Waals surface area contributed by atoms with Crippen molar-refractivity contribution in [3.8, 4) is 17.2 Å². The number of halogens is 1. The molecule has 1 aromatic heterocycles. The highest BCUT2D eigenvalue weighted by atomic mass is 35.5. The van der Waals surface area contributed by atoms with Crippen molar-refractivity contribution in [3.63, 3.8) is 0 Å². The summed E-state index contributed by atoms with van der Waals surface area (Å²) in [6, 6.07) is 41.9. The van der Waals surface area contributed by atoms with Crippen LogP contribution >= 0.6 is 35.1 Å². The molecule has 0 unspecified atom stereocenters. The van der Waals surface area contributed by atoms with Crippen molar-refractivity contribution in [2.45, 2.75) is 84.6 Å². The molecule has 332 valence electrons. The van der Waals surface area contributed by atoms with Crippen molar-refractivity contribution in [1.29, 1.82) is 0 Å². The fraction of sp³-hybridized carbons (Fsp3) is 0.291. The summed E-state index contributed by atoms with van der Waals surface area (Å²) in [5.74, 6) is 5.38. The molecule has 3 heterocycles. The van der Waals surface area contributed by atoms with Crippen molar-refractivity contribution in [2.75, 3.05) is 34.7 Å². The summed E-state index contributed by atoms with van der Waals surface area (Å²) in [6.45, 7) is 14.2. The quantitative estimate of drug-likeness (QED) is 0.0286. The molecule has 0 aliphatic carbocycles. The van der Waals surface area contributed by atoms with Gasteiger partial charge in [0.05, 0.1) is 10.7 Å². The van der Waals surface area contributed by atoms with E-state index < -0.39 is 0 Å². The number of unbranched alkanes of at least 4 members (excludes halogenated alkanes) is 6. The number of hydrogen-bond acceptors (Lipinski definition) is 6. The Hall–Kier alpha value is -5.08. The van der Waals surface area contributed by atoms with E-state index in [1.54, 1.807) is 0 Å². The number of pyridine rings is 1. The lowest BCUT2D eigenvalue weighted by molar-refractivity contribution is -0.636. The van der Waals surface area contributed by atoms with Crippen LogP contribution in [0, 0.1) is 6.92 Å². The Kier molecular flexibility index (Phi) is 22.9.